The lowest BCUT2D eigenvalue weighted by atomic mass is 10.6. The Hall–Kier alpha value is -1.24. The summed E-state index contributed by atoms with van der Waals surface area (Å²) in [5.41, 5.74) is 0. The van der Waals surface area contributed by atoms with Gasteiger partial charge < -0.3 is 4.84 Å². The minimum Gasteiger partial charge on any atom is -0.301 e. The normalized spacial score (nSPS) is 6.62. The highest BCUT2D eigenvalue weighted by Gasteiger charge is 1.86. The first kappa shape index (κ1) is 6.76. The summed E-state index contributed by atoms with van der Waals surface area (Å²) in [6.45, 7) is 1.45. The van der Waals surface area contributed by atoms with Crippen LogP contribution in [0.25, 0.3) is 0 Å². The predicted octanol–water partition coefficient (Wildman–Crippen LogP) is 0.218. The molecule has 0 N–H and O–H groups in total. The van der Waals surface area contributed by atoms with Gasteiger partial charge in [-0.3, -0.25) is 0 Å². The van der Waals surface area contributed by atoms with Crippen molar-refractivity contribution in [3.05, 3.63) is 10.1 Å². The maximum atomic E-state index is 9.39. The van der Waals surface area contributed by atoms with E-state index in [-0.39, 0.29) is 6.61 Å². The molecule has 0 aromatic carbocycles. The van der Waals surface area contributed by atoms with E-state index in [0.717, 1.165) is 0 Å². The minimum absolute atomic E-state index is 0.135. The molecule has 0 radical (unpaired) electrons. The lowest BCUT2D eigenvalue weighted by Crippen LogP contribution is -1.99. The van der Waals surface area contributed by atoms with Crippen LogP contribution in [-0.4, -0.2) is 11.7 Å². The van der Waals surface area contributed by atoms with Gasteiger partial charge in [-0.1, -0.05) is 5.92 Å². The molecule has 4 nitrogen and oxygen atoms in total. The second-order valence-corrected chi connectivity index (χ2v) is 0.924. The highest BCUT2D eigenvalue weighted by molar-refractivity contribution is 4.94. The fraction of sp³-hybridized carbons (Fsp3) is 0.500. The van der Waals surface area contributed by atoms with Crippen molar-refractivity contribution >= 4 is 0 Å². The van der Waals surface area contributed by atoms with Crippen molar-refractivity contribution < 1.29 is 9.92 Å². The Morgan fingerprint density at radius 3 is 2.88 bits per heavy atom. The Morgan fingerprint density at radius 2 is 2.50 bits per heavy atom. The molecular weight excluding hydrogens is 110 g/mol. The first-order chi connectivity index (χ1) is 3.77. The van der Waals surface area contributed by atoms with Crippen molar-refractivity contribution in [2.45, 2.75) is 6.92 Å². The van der Waals surface area contributed by atoms with Gasteiger partial charge in [-0.15, -0.1) is 16.0 Å². The molecule has 0 aliphatic carbocycles. The number of hydrogen-bond acceptors (Lipinski definition) is 3. The Kier molecular flexibility index (Phi) is 3.32. The SMILES string of the molecule is CC#CCO[N+](=O)[O-]. The van der Waals surface area contributed by atoms with Gasteiger partial charge in [-0.05, 0) is 6.92 Å². The summed E-state index contributed by atoms with van der Waals surface area (Å²) in [6.07, 6.45) is 0. The zero-order valence-electron chi connectivity index (χ0n) is 4.38. The van der Waals surface area contributed by atoms with Crippen molar-refractivity contribution in [1.29, 1.82) is 0 Å². The van der Waals surface area contributed by atoms with Gasteiger partial charge in [-0.2, -0.15) is 0 Å². The second-order valence-electron chi connectivity index (χ2n) is 0.924. The summed E-state index contributed by atoms with van der Waals surface area (Å²) < 4.78 is 0. The molecule has 0 spiro atoms. The fourth-order valence-electron chi connectivity index (χ4n) is 0.157. The molecule has 8 heavy (non-hydrogen) atoms. The molecule has 0 saturated heterocycles. The van der Waals surface area contributed by atoms with Crippen LogP contribution < -0.4 is 0 Å². The highest BCUT2D eigenvalue weighted by Crippen LogP contribution is 1.69. The van der Waals surface area contributed by atoms with Crippen LogP contribution in [0.1, 0.15) is 6.92 Å². The van der Waals surface area contributed by atoms with Gasteiger partial charge in [0.05, 0.1) is 0 Å². The lowest BCUT2D eigenvalue weighted by molar-refractivity contribution is -0.754. The zero-order chi connectivity index (χ0) is 6.41. The minimum atomic E-state index is -0.871. The zero-order valence-corrected chi connectivity index (χ0v) is 4.38. The first-order valence-corrected chi connectivity index (χ1v) is 1.94. The number of nitrogens with zero attached hydrogens (tertiary/aromatic N) is 1. The van der Waals surface area contributed by atoms with E-state index in [1.165, 1.54) is 0 Å². The van der Waals surface area contributed by atoms with Crippen LogP contribution in [0.4, 0.5) is 0 Å². The van der Waals surface area contributed by atoms with Crippen molar-refractivity contribution in [2.24, 2.45) is 0 Å². The first-order valence-electron chi connectivity index (χ1n) is 1.94. The van der Waals surface area contributed by atoms with Crippen molar-refractivity contribution in [1.82, 2.24) is 0 Å². The van der Waals surface area contributed by atoms with Crippen LogP contribution in [0.3, 0.4) is 0 Å². The summed E-state index contributed by atoms with van der Waals surface area (Å²) in [5.74, 6) is 4.81. The third kappa shape index (κ3) is 4.76. The van der Waals surface area contributed by atoms with E-state index in [1.54, 1.807) is 6.92 Å². The maximum absolute atomic E-state index is 9.39. The predicted molar refractivity (Wildman–Crippen MR) is 26.4 cm³/mol. The molecule has 0 aliphatic rings. The third-order valence-corrected chi connectivity index (χ3v) is 0.419. The van der Waals surface area contributed by atoms with Crippen molar-refractivity contribution in [3.63, 3.8) is 0 Å². The molecule has 4 heteroatoms. The van der Waals surface area contributed by atoms with Gasteiger partial charge in [0.1, 0.15) is 0 Å². The topological polar surface area (TPSA) is 52.4 Å². The highest BCUT2D eigenvalue weighted by atomic mass is 16.9. The quantitative estimate of drug-likeness (QED) is 0.294. The van der Waals surface area contributed by atoms with E-state index in [2.05, 4.69) is 16.7 Å². The van der Waals surface area contributed by atoms with E-state index in [9.17, 15) is 10.1 Å². The van der Waals surface area contributed by atoms with Gasteiger partial charge in [0.2, 0.25) is 0 Å². The molecule has 0 unspecified atom stereocenters. The summed E-state index contributed by atoms with van der Waals surface area (Å²) in [5, 5.41) is 8.52. The molecule has 44 valence electrons. The monoisotopic (exact) mass is 115 g/mol. The summed E-state index contributed by atoms with van der Waals surface area (Å²) >= 11 is 0. The van der Waals surface area contributed by atoms with Crippen LogP contribution in [0.2, 0.25) is 0 Å². The standard InChI is InChI=1S/C4H5NO3/c1-2-3-4-8-5(6)7/h4H2,1H3. The van der Waals surface area contributed by atoms with Crippen LogP contribution >= 0.6 is 0 Å². The fourth-order valence-corrected chi connectivity index (χ4v) is 0.157. The number of rotatable bonds is 2. The van der Waals surface area contributed by atoms with E-state index in [1.807, 2.05) is 0 Å². The number of hydrogen-bond donors (Lipinski definition) is 0. The Morgan fingerprint density at radius 1 is 1.88 bits per heavy atom. The Bertz CT molecular complexity index is 132. The van der Waals surface area contributed by atoms with Gasteiger partial charge in [0.25, 0.3) is 5.09 Å². The molecule has 0 atom stereocenters. The van der Waals surface area contributed by atoms with Crippen LogP contribution in [-0.2, 0) is 4.84 Å². The van der Waals surface area contributed by atoms with E-state index in [4.69, 9.17) is 0 Å². The molecule has 0 saturated carbocycles. The molecule has 0 rings (SSSR count). The average Bonchev–Trinajstić information content (AvgIpc) is 1.66. The lowest BCUT2D eigenvalue weighted by Gasteiger charge is -1.84. The smallest absolute Gasteiger partial charge is 0.295 e. The summed E-state index contributed by atoms with van der Waals surface area (Å²) in [7, 11) is 0. The maximum Gasteiger partial charge on any atom is 0.295 e. The van der Waals surface area contributed by atoms with Gasteiger partial charge in [0.15, 0.2) is 6.61 Å². The Balaban J connectivity index is 3.14. The average molecular weight is 115 g/mol. The molecular formula is C4H5NO3. The van der Waals surface area contributed by atoms with Crippen molar-refractivity contribution in [3.8, 4) is 11.8 Å². The Labute approximate surface area is 46.6 Å². The van der Waals surface area contributed by atoms with Crippen LogP contribution in [0.15, 0.2) is 0 Å². The largest absolute Gasteiger partial charge is 0.301 e. The van der Waals surface area contributed by atoms with E-state index < -0.39 is 5.09 Å². The van der Waals surface area contributed by atoms with E-state index in [0.29, 0.717) is 0 Å². The van der Waals surface area contributed by atoms with Gasteiger partial charge in [-0.25, -0.2) is 0 Å². The van der Waals surface area contributed by atoms with Gasteiger partial charge in [0, 0.05) is 0 Å². The van der Waals surface area contributed by atoms with Crippen molar-refractivity contribution in [2.75, 3.05) is 6.61 Å². The molecule has 0 heterocycles. The molecule has 0 aromatic rings. The second kappa shape index (κ2) is 3.93. The molecule has 0 amide bonds. The molecule has 0 aliphatic heterocycles. The van der Waals surface area contributed by atoms with Crippen LogP contribution in [0.5, 0.6) is 0 Å². The van der Waals surface area contributed by atoms with E-state index >= 15 is 0 Å². The van der Waals surface area contributed by atoms with Crippen LogP contribution in [0, 0.1) is 22.0 Å². The summed E-state index contributed by atoms with van der Waals surface area (Å²) in [6, 6.07) is 0. The summed E-state index contributed by atoms with van der Waals surface area (Å²) in [4.78, 5) is 13.2. The molecule has 0 bridgehead atoms. The molecule has 0 fully saturated rings. The molecule has 0 aromatic heterocycles. The van der Waals surface area contributed by atoms with Gasteiger partial charge >= 0.3 is 0 Å². The third-order valence-electron chi connectivity index (χ3n) is 0.419.